The second kappa shape index (κ2) is 8.55. The van der Waals surface area contributed by atoms with E-state index in [1.807, 2.05) is 36.4 Å². The van der Waals surface area contributed by atoms with Crippen LogP contribution in [0.2, 0.25) is 5.02 Å². The van der Waals surface area contributed by atoms with Crippen molar-refractivity contribution in [3.05, 3.63) is 52.6 Å². The van der Waals surface area contributed by atoms with Crippen molar-refractivity contribution < 1.29 is 14.3 Å². The van der Waals surface area contributed by atoms with Crippen molar-refractivity contribution in [2.24, 2.45) is 11.0 Å². The number of hydrogen-bond donors (Lipinski definition) is 0. The lowest BCUT2D eigenvalue weighted by atomic mass is 10.1. The Morgan fingerprint density at radius 3 is 2.92 bits per heavy atom. The fourth-order valence-corrected chi connectivity index (χ4v) is 2.46. The molecule has 128 valence electrons. The number of rotatable bonds is 4. The molecular formula is C18H21ClN2O3. The minimum Gasteiger partial charge on any atom is -0.496 e. The van der Waals surface area contributed by atoms with Gasteiger partial charge in [-0.1, -0.05) is 30.7 Å². The van der Waals surface area contributed by atoms with E-state index in [9.17, 15) is 4.79 Å². The van der Waals surface area contributed by atoms with Gasteiger partial charge < -0.3 is 9.47 Å². The number of halogens is 1. The van der Waals surface area contributed by atoms with E-state index in [1.54, 1.807) is 25.3 Å². The predicted molar refractivity (Wildman–Crippen MR) is 95.3 cm³/mol. The molecule has 0 aliphatic carbocycles. The number of methoxy groups -OCH3 is 2. The first-order valence-electron chi connectivity index (χ1n) is 7.61. The van der Waals surface area contributed by atoms with E-state index in [4.69, 9.17) is 21.1 Å². The summed E-state index contributed by atoms with van der Waals surface area (Å²) in [5.74, 6) is 0.485. The number of benzene rings is 1. The van der Waals surface area contributed by atoms with Crippen molar-refractivity contribution in [3.63, 3.8) is 0 Å². The maximum Gasteiger partial charge on any atom is 0.337 e. The quantitative estimate of drug-likeness (QED) is 0.782. The summed E-state index contributed by atoms with van der Waals surface area (Å²) >= 11 is 6.09. The maximum absolute atomic E-state index is 11.8. The highest BCUT2D eigenvalue weighted by Crippen LogP contribution is 2.24. The van der Waals surface area contributed by atoms with E-state index in [0.717, 1.165) is 11.3 Å². The molecule has 0 radical (unpaired) electrons. The third-order valence-electron chi connectivity index (χ3n) is 3.58. The standard InChI is InChI=1S/C18H21ClN2O3/c1-13-4-5-14(18(22)24-3)8-9-21(20-11-13)12-15-10-16(19)6-7-17(15)23-2/h4-8,10-11,13H,9,12H2,1-3H3/b5-4?,14-8?,20-11-. The summed E-state index contributed by atoms with van der Waals surface area (Å²) in [5, 5.41) is 6.99. The predicted octanol–water partition coefficient (Wildman–Crippen LogP) is 3.44. The van der Waals surface area contributed by atoms with Crippen LogP contribution in [0.5, 0.6) is 5.75 Å². The van der Waals surface area contributed by atoms with Gasteiger partial charge >= 0.3 is 5.97 Å². The maximum atomic E-state index is 11.8. The molecule has 0 saturated heterocycles. The summed E-state index contributed by atoms with van der Waals surface area (Å²) in [6.45, 7) is 2.98. The number of allylic oxidation sites excluding steroid dienone is 1. The lowest BCUT2D eigenvalue weighted by molar-refractivity contribution is -0.135. The van der Waals surface area contributed by atoms with Crippen LogP contribution in [0.4, 0.5) is 0 Å². The average Bonchev–Trinajstić information content (AvgIpc) is 2.66. The van der Waals surface area contributed by atoms with Crippen LogP contribution in [-0.2, 0) is 16.1 Å². The van der Waals surface area contributed by atoms with Crippen LogP contribution in [0.25, 0.3) is 0 Å². The smallest absolute Gasteiger partial charge is 0.337 e. The van der Waals surface area contributed by atoms with Gasteiger partial charge in [0.2, 0.25) is 0 Å². The lowest BCUT2D eigenvalue weighted by Crippen LogP contribution is -2.19. The first-order chi connectivity index (χ1) is 11.5. The van der Waals surface area contributed by atoms with Gasteiger partial charge in [0.1, 0.15) is 5.75 Å². The molecule has 1 aromatic rings. The number of ether oxygens (including phenoxy) is 2. The summed E-state index contributed by atoms with van der Waals surface area (Å²) in [6, 6.07) is 5.47. The van der Waals surface area contributed by atoms with Crippen LogP contribution in [-0.4, -0.2) is 38.0 Å². The molecule has 1 aliphatic rings. The fourth-order valence-electron chi connectivity index (χ4n) is 2.27. The molecule has 0 fully saturated rings. The monoisotopic (exact) mass is 348 g/mol. The number of carbonyl (C=O) groups excluding carboxylic acids is 1. The first-order valence-corrected chi connectivity index (χ1v) is 7.99. The Morgan fingerprint density at radius 2 is 2.21 bits per heavy atom. The van der Waals surface area contributed by atoms with Gasteiger partial charge in [0.25, 0.3) is 0 Å². The molecule has 24 heavy (non-hydrogen) atoms. The summed E-state index contributed by atoms with van der Waals surface area (Å²) in [5.41, 5.74) is 1.44. The van der Waals surface area contributed by atoms with E-state index in [0.29, 0.717) is 23.7 Å². The molecule has 0 saturated carbocycles. The molecule has 1 aliphatic heterocycles. The van der Waals surface area contributed by atoms with Gasteiger partial charge in [-0.15, -0.1) is 0 Å². The van der Waals surface area contributed by atoms with Crippen LogP contribution in [0.3, 0.4) is 0 Å². The third kappa shape index (κ3) is 4.86. The zero-order chi connectivity index (χ0) is 17.5. The molecule has 0 N–H and O–H groups in total. The summed E-state index contributed by atoms with van der Waals surface area (Å²) in [6.07, 6.45) is 7.32. The van der Waals surface area contributed by atoms with E-state index < -0.39 is 0 Å². The topological polar surface area (TPSA) is 51.1 Å². The molecule has 0 spiro atoms. The van der Waals surface area contributed by atoms with Crippen molar-refractivity contribution in [3.8, 4) is 5.75 Å². The molecule has 1 aromatic carbocycles. The molecule has 1 heterocycles. The van der Waals surface area contributed by atoms with Crippen LogP contribution in [0.15, 0.2) is 47.1 Å². The van der Waals surface area contributed by atoms with Gasteiger partial charge in [-0.25, -0.2) is 4.79 Å². The summed E-state index contributed by atoms with van der Waals surface area (Å²) in [7, 11) is 2.99. The highest BCUT2D eigenvalue weighted by molar-refractivity contribution is 6.30. The third-order valence-corrected chi connectivity index (χ3v) is 3.82. The van der Waals surface area contributed by atoms with Gasteiger partial charge in [-0.2, -0.15) is 5.10 Å². The van der Waals surface area contributed by atoms with Gasteiger partial charge in [0, 0.05) is 22.7 Å². The zero-order valence-electron chi connectivity index (χ0n) is 14.0. The minimum absolute atomic E-state index is 0.0971. The van der Waals surface area contributed by atoms with E-state index in [-0.39, 0.29) is 11.9 Å². The molecule has 1 unspecified atom stereocenters. The first kappa shape index (κ1) is 18.1. The Kier molecular flexibility index (Phi) is 6.44. The zero-order valence-corrected chi connectivity index (χ0v) is 14.8. The second-order valence-electron chi connectivity index (χ2n) is 5.44. The van der Waals surface area contributed by atoms with Crippen molar-refractivity contribution >= 4 is 23.8 Å². The fraction of sp³-hybridized carbons (Fsp3) is 0.333. The number of esters is 1. The lowest BCUT2D eigenvalue weighted by Gasteiger charge is -2.19. The molecule has 0 aromatic heterocycles. The van der Waals surface area contributed by atoms with Gasteiger partial charge in [-0.3, -0.25) is 5.01 Å². The number of carbonyl (C=O) groups is 1. The Morgan fingerprint density at radius 1 is 1.42 bits per heavy atom. The molecule has 5 nitrogen and oxygen atoms in total. The van der Waals surface area contributed by atoms with Crippen molar-refractivity contribution in [2.45, 2.75) is 13.5 Å². The van der Waals surface area contributed by atoms with E-state index >= 15 is 0 Å². The molecule has 0 bridgehead atoms. The largest absolute Gasteiger partial charge is 0.496 e. The highest BCUT2D eigenvalue weighted by atomic mass is 35.5. The van der Waals surface area contributed by atoms with Crippen LogP contribution < -0.4 is 4.74 Å². The Labute approximate surface area is 147 Å². The Bertz CT molecular complexity index is 683. The normalized spacial score (nSPS) is 18.9. The molecule has 2 rings (SSSR count). The molecule has 6 heteroatoms. The van der Waals surface area contributed by atoms with Gasteiger partial charge in [0.05, 0.1) is 32.9 Å². The van der Waals surface area contributed by atoms with E-state index in [2.05, 4.69) is 5.10 Å². The van der Waals surface area contributed by atoms with Gasteiger partial charge in [0.15, 0.2) is 0 Å². The average molecular weight is 349 g/mol. The van der Waals surface area contributed by atoms with Crippen molar-refractivity contribution in [1.82, 2.24) is 5.01 Å². The molecular weight excluding hydrogens is 328 g/mol. The van der Waals surface area contributed by atoms with Crippen molar-refractivity contribution in [1.29, 1.82) is 0 Å². The van der Waals surface area contributed by atoms with Crippen LogP contribution >= 0.6 is 11.6 Å². The minimum atomic E-state index is -0.361. The number of nitrogens with zero attached hydrogens (tertiary/aromatic N) is 2. The van der Waals surface area contributed by atoms with Crippen LogP contribution in [0.1, 0.15) is 12.5 Å². The SMILES string of the molecule is COC(=O)C1=CCN(Cc2cc(Cl)ccc2OC)/N=C\C(C)C=C1. The highest BCUT2D eigenvalue weighted by Gasteiger charge is 2.12. The van der Waals surface area contributed by atoms with E-state index in [1.165, 1.54) is 7.11 Å². The summed E-state index contributed by atoms with van der Waals surface area (Å²) < 4.78 is 10.2. The molecule has 0 amide bonds. The second-order valence-corrected chi connectivity index (χ2v) is 5.87. The Balaban J connectivity index is 2.26. The van der Waals surface area contributed by atoms with Crippen molar-refractivity contribution in [2.75, 3.05) is 20.8 Å². The number of hydrazone groups is 1. The van der Waals surface area contributed by atoms with Gasteiger partial charge in [-0.05, 0) is 24.3 Å². The number of hydrogen-bond acceptors (Lipinski definition) is 5. The van der Waals surface area contributed by atoms with Crippen LogP contribution in [0, 0.1) is 5.92 Å². The Hall–Kier alpha value is -2.27. The molecule has 1 atom stereocenters. The summed E-state index contributed by atoms with van der Waals surface area (Å²) in [4.78, 5) is 11.8.